The molecule has 1 atom stereocenters. The Balaban J connectivity index is 1.37. The molecular formula is C23H34FN5OS. The van der Waals surface area contributed by atoms with Crippen molar-refractivity contribution in [1.82, 2.24) is 20.5 Å². The standard InChI is InChI=1S/C23H34FN5OS/c1-4-20(30-22-8-6-5-7-21(22)24)14-27-23(25-3)26-13-18-9-11-29(12-10-18)15-19-16-31-17(2)28-19/h5-8,16,18,20H,4,9-15H2,1-3H3,(H2,25,26,27). The van der Waals surface area contributed by atoms with Crippen LogP contribution in [0.3, 0.4) is 0 Å². The topological polar surface area (TPSA) is 61.8 Å². The molecule has 1 aromatic carbocycles. The lowest BCUT2D eigenvalue weighted by molar-refractivity contribution is 0.176. The van der Waals surface area contributed by atoms with Gasteiger partial charge in [0, 0.05) is 25.5 Å². The van der Waals surface area contributed by atoms with Gasteiger partial charge < -0.3 is 15.4 Å². The third-order valence-corrected chi connectivity index (χ3v) is 6.45. The maximum absolute atomic E-state index is 13.8. The number of halogens is 1. The van der Waals surface area contributed by atoms with Crippen molar-refractivity contribution >= 4 is 17.3 Å². The van der Waals surface area contributed by atoms with Crippen molar-refractivity contribution in [2.75, 3.05) is 33.2 Å². The maximum atomic E-state index is 13.8. The van der Waals surface area contributed by atoms with Crippen LogP contribution in [0.2, 0.25) is 0 Å². The molecular weight excluding hydrogens is 413 g/mol. The molecule has 2 N–H and O–H groups in total. The summed E-state index contributed by atoms with van der Waals surface area (Å²) in [6.45, 7) is 8.71. The van der Waals surface area contributed by atoms with E-state index >= 15 is 0 Å². The molecule has 1 saturated heterocycles. The molecule has 0 saturated carbocycles. The van der Waals surface area contributed by atoms with Gasteiger partial charge in [-0.15, -0.1) is 11.3 Å². The highest BCUT2D eigenvalue weighted by Crippen LogP contribution is 2.20. The van der Waals surface area contributed by atoms with Crippen molar-refractivity contribution in [2.24, 2.45) is 10.9 Å². The number of aromatic nitrogens is 1. The Morgan fingerprint density at radius 3 is 2.74 bits per heavy atom. The van der Waals surface area contributed by atoms with Gasteiger partial charge in [-0.3, -0.25) is 9.89 Å². The summed E-state index contributed by atoms with van der Waals surface area (Å²) in [5.41, 5.74) is 1.19. The lowest BCUT2D eigenvalue weighted by Gasteiger charge is -2.31. The molecule has 1 aliphatic heterocycles. The number of nitrogens with one attached hydrogen (secondary N) is 2. The van der Waals surface area contributed by atoms with Crippen LogP contribution in [-0.2, 0) is 6.54 Å². The van der Waals surface area contributed by atoms with Crippen LogP contribution in [0.25, 0.3) is 0 Å². The summed E-state index contributed by atoms with van der Waals surface area (Å²) in [4.78, 5) is 11.4. The summed E-state index contributed by atoms with van der Waals surface area (Å²) in [5.74, 6) is 1.35. The van der Waals surface area contributed by atoms with Crippen LogP contribution in [-0.4, -0.2) is 55.2 Å². The molecule has 0 aliphatic carbocycles. The average Bonchev–Trinajstić information content (AvgIpc) is 3.19. The first-order valence-corrected chi connectivity index (χ1v) is 11.9. The van der Waals surface area contributed by atoms with Gasteiger partial charge in [0.1, 0.15) is 6.10 Å². The van der Waals surface area contributed by atoms with Gasteiger partial charge in [0.05, 0.1) is 17.2 Å². The van der Waals surface area contributed by atoms with E-state index in [2.05, 4.69) is 37.8 Å². The number of aliphatic imine (C=N–C) groups is 1. The molecule has 3 rings (SSSR count). The Kier molecular flexibility index (Phi) is 9.09. The van der Waals surface area contributed by atoms with Gasteiger partial charge in [-0.2, -0.15) is 0 Å². The smallest absolute Gasteiger partial charge is 0.191 e. The molecule has 0 spiro atoms. The zero-order valence-corrected chi connectivity index (χ0v) is 19.6. The van der Waals surface area contributed by atoms with Crippen LogP contribution in [0.5, 0.6) is 5.75 Å². The summed E-state index contributed by atoms with van der Waals surface area (Å²) in [6.07, 6.45) is 2.98. The Morgan fingerprint density at radius 2 is 2.10 bits per heavy atom. The van der Waals surface area contributed by atoms with Gasteiger partial charge in [-0.25, -0.2) is 9.37 Å². The van der Waals surface area contributed by atoms with Crippen molar-refractivity contribution in [3.63, 3.8) is 0 Å². The highest BCUT2D eigenvalue weighted by atomic mass is 32.1. The lowest BCUT2D eigenvalue weighted by atomic mass is 9.97. The van der Waals surface area contributed by atoms with Crippen LogP contribution >= 0.6 is 11.3 Å². The van der Waals surface area contributed by atoms with E-state index in [0.717, 1.165) is 43.6 Å². The molecule has 0 amide bonds. The van der Waals surface area contributed by atoms with Crippen LogP contribution < -0.4 is 15.4 Å². The summed E-state index contributed by atoms with van der Waals surface area (Å²) in [7, 11) is 1.77. The second kappa shape index (κ2) is 12.0. The van der Waals surface area contributed by atoms with Gasteiger partial charge in [-0.1, -0.05) is 19.1 Å². The van der Waals surface area contributed by atoms with E-state index in [-0.39, 0.29) is 11.9 Å². The number of thiazole rings is 1. The average molecular weight is 448 g/mol. The number of ether oxygens (including phenoxy) is 1. The summed E-state index contributed by atoms with van der Waals surface area (Å²) < 4.78 is 19.7. The van der Waals surface area contributed by atoms with Gasteiger partial charge in [0.25, 0.3) is 0 Å². The fraction of sp³-hybridized carbons (Fsp3) is 0.565. The number of aryl methyl sites for hydroxylation is 1. The molecule has 2 heterocycles. The number of para-hydroxylation sites is 1. The molecule has 170 valence electrons. The number of rotatable bonds is 9. The highest BCUT2D eigenvalue weighted by Gasteiger charge is 2.20. The monoisotopic (exact) mass is 447 g/mol. The van der Waals surface area contributed by atoms with E-state index in [0.29, 0.717) is 18.2 Å². The molecule has 6 nitrogen and oxygen atoms in total. The first-order valence-electron chi connectivity index (χ1n) is 11.1. The zero-order chi connectivity index (χ0) is 22.1. The van der Waals surface area contributed by atoms with Crippen molar-refractivity contribution in [3.8, 4) is 5.75 Å². The minimum atomic E-state index is -0.334. The number of guanidine groups is 1. The third kappa shape index (κ3) is 7.47. The third-order valence-electron chi connectivity index (χ3n) is 5.62. The SMILES string of the molecule is CCC(CNC(=NC)NCC1CCN(Cc2csc(C)n2)CC1)Oc1ccccc1F. The van der Waals surface area contributed by atoms with E-state index in [1.165, 1.54) is 24.6 Å². The fourth-order valence-electron chi connectivity index (χ4n) is 3.72. The molecule has 2 aromatic rings. The van der Waals surface area contributed by atoms with Crippen LogP contribution in [0.4, 0.5) is 4.39 Å². The van der Waals surface area contributed by atoms with Crippen molar-refractivity contribution in [1.29, 1.82) is 0 Å². The first kappa shape index (κ1) is 23.5. The van der Waals surface area contributed by atoms with Gasteiger partial charge in [-0.05, 0) is 57.3 Å². The largest absolute Gasteiger partial charge is 0.486 e. The quantitative estimate of drug-likeness (QED) is 0.452. The van der Waals surface area contributed by atoms with Crippen molar-refractivity contribution in [3.05, 3.63) is 46.2 Å². The number of benzene rings is 1. The first-order chi connectivity index (χ1) is 15.1. The fourth-order valence-corrected chi connectivity index (χ4v) is 4.32. The van der Waals surface area contributed by atoms with E-state index in [1.807, 2.05) is 6.92 Å². The van der Waals surface area contributed by atoms with Crippen LogP contribution in [0.1, 0.15) is 36.9 Å². The molecule has 0 radical (unpaired) electrons. The predicted octanol–water partition coefficient (Wildman–Crippen LogP) is 3.83. The second-order valence-electron chi connectivity index (χ2n) is 7.99. The number of nitrogens with zero attached hydrogens (tertiary/aromatic N) is 3. The van der Waals surface area contributed by atoms with Gasteiger partial charge in [0.2, 0.25) is 0 Å². The minimum Gasteiger partial charge on any atom is -0.486 e. The van der Waals surface area contributed by atoms with Gasteiger partial charge >= 0.3 is 0 Å². The number of hydrogen-bond acceptors (Lipinski definition) is 5. The zero-order valence-electron chi connectivity index (χ0n) is 18.7. The molecule has 0 bridgehead atoms. The number of piperidine rings is 1. The van der Waals surface area contributed by atoms with Crippen LogP contribution in [0, 0.1) is 18.7 Å². The summed E-state index contributed by atoms with van der Waals surface area (Å²) in [6, 6.07) is 6.52. The Hall–Kier alpha value is -2.19. The molecule has 1 unspecified atom stereocenters. The lowest BCUT2D eigenvalue weighted by Crippen LogP contribution is -2.45. The predicted molar refractivity (Wildman–Crippen MR) is 125 cm³/mol. The highest BCUT2D eigenvalue weighted by molar-refractivity contribution is 7.09. The Labute approximate surface area is 188 Å². The maximum Gasteiger partial charge on any atom is 0.191 e. The number of hydrogen-bond donors (Lipinski definition) is 2. The summed E-state index contributed by atoms with van der Waals surface area (Å²) >= 11 is 1.72. The molecule has 1 aliphatic rings. The molecule has 1 fully saturated rings. The van der Waals surface area contributed by atoms with Gasteiger partial charge in [0.15, 0.2) is 17.5 Å². The molecule has 1 aromatic heterocycles. The van der Waals surface area contributed by atoms with Crippen molar-refractivity contribution in [2.45, 2.75) is 45.8 Å². The van der Waals surface area contributed by atoms with Crippen molar-refractivity contribution < 1.29 is 9.13 Å². The number of likely N-dealkylation sites (tertiary alicyclic amines) is 1. The second-order valence-corrected chi connectivity index (χ2v) is 9.05. The normalized spacial score (nSPS) is 16.8. The van der Waals surface area contributed by atoms with E-state index in [1.54, 1.807) is 36.6 Å². The Bertz CT molecular complexity index is 835. The Morgan fingerprint density at radius 1 is 1.32 bits per heavy atom. The molecule has 31 heavy (non-hydrogen) atoms. The minimum absolute atomic E-state index is 0.131. The van der Waals surface area contributed by atoms with Crippen LogP contribution in [0.15, 0.2) is 34.6 Å². The molecule has 8 heteroatoms. The van der Waals surface area contributed by atoms with E-state index < -0.39 is 0 Å². The van der Waals surface area contributed by atoms with E-state index in [4.69, 9.17) is 4.74 Å². The van der Waals surface area contributed by atoms with E-state index in [9.17, 15) is 4.39 Å². The summed E-state index contributed by atoms with van der Waals surface area (Å²) in [5, 5.41) is 10.1.